The maximum atomic E-state index is 12.9. The fourth-order valence-electron chi connectivity index (χ4n) is 7.16. The van der Waals surface area contributed by atoms with Crippen LogP contribution in [0.2, 0.25) is 0 Å². The maximum absolute atomic E-state index is 12.9. The van der Waals surface area contributed by atoms with E-state index in [1.807, 2.05) is 48.5 Å². The number of methoxy groups -OCH3 is 2. The van der Waals surface area contributed by atoms with Gasteiger partial charge in [0.2, 0.25) is 11.8 Å². The highest BCUT2D eigenvalue weighted by atomic mass is 32.2. The Hall–Kier alpha value is -6.66. The third-order valence-corrected chi connectivity index (χ3v) is 14.0. The van der Waals surface area contributed by atoms with Gasteiger partial charge in [-0.05, 0) is 61.4 Å². The van der Waals surface area contributed by atoms with Gasteiger partial charge in [-0.25, -0.2) is 16.8 Å². The van der Waals surface area contributed by atoms with E-state index in [1.54, 1.807) is 86.0 Å². The Balaban J connectivity index is 0.000000181. The number of hydrogen-bond donors (Lipinski definition) is 2. The summed E-state index contributed by atoms with van der Waals surface area (Å²) in [5.41, 5.74) is 6.25. The van der Waals surface area contributed by atoms with E-state index in [2.05, 4.69) is 20.8 Å². The first kappa shape index (κ1) is 41.5. The average Bonchev–Trinajstić information content (AvgIpc) is 3.75. The summed E-state index contributed by atoms with van der Waals surface area (Å²) in [4.78, 5) is 25.5. The summed E-state index contributed by atoms with van der Waals surface area (Å²) >= 11 is 0. The molecule has 0 spiro atoms. The minimum atomic E-state index is -3.66. The lowest BCUT2D eigenvalue weighted by Gasteiger charge is -2.26. The van der Waals surface area contributed by atoms with Crippen LogP contribution in [0.3, 0.4) is 0 Å². The zero-order valence-electron chi connectivity index (χ0n) is 33.8. The van der Waals surface area contributed by atoms with Gasteiger partial charge in [0.15, 0.2) is 0 Å². The van der Waals surface area contributed by atoms with E-state index >= 15 is 0 Å². The largest absolute Gasteiger partial charge is 0.497 e. The Bertz CT molecular complexity index is 2660. The van der Waals surface area contributed by atoms with E-state index in [-0.39, 0.29) is 34.7 Å². The number of ether oxygens (including phenoxy) is 2. The number of aromatic nitrogens is 4. The van der Waals surface area contributed by atoms with Gasteiger partial charge in [0.05, 0.1) is 35.4 Å². The molecule has 0 aliphatic carbocycles. The number of hydrogen-bond acceptors (Lipinski definition) is 10. The van der Waals surface area contributed by atoms with E-state index in [1.165, 1.54) is 22.7 Å². The van der Waals surface area contributed by atoms with Crippen LogP contribution >= 0.6 is 0 Å². The first-order valence-corrected chi connectivity index (χ1v) is 21.6. The van der Waals surface area contributed by atoms with E-state index in [4.69, 9.17) is 9.47 Å². The van der Waals surface area contributed by atoms with Crippen molar-refractivity contribution in [3.8, 4) is 34.0 Å². The Morgan fingerprint density at radius 3 is 1.35 bits per heavy atom. The number of fused-ring (bicyclic) bond motifs is 6. The van der Waals surface area contributed by atoms with Crippen LogP contribution in [0, 0.1) is 13.8 Å². The fraction of sp³-hybridized carbons (Fsp3) is 0.238. The van der Waals surface area contributed by atoms with Gasteiger partial charge < -0.3 is 20.1 Å². The summed E-state index contributed by atoms with van der Waals surface area (Å²) in [5, 5.41) is 14.9. The fourth-order valence-corrected chi connectivity index (χ4v) is 10.1. The average molecular weight is 853 g/mol. The van der Waals surface area contributed by atoms with Crippen LogP contribution in [0.4, 0.5) is 11.4 Å². The number of carbonyl (C=O) groups is 2. The van der Waals surface area contributed by atoms with Crippen LogP contribution < -0.4 is 28.7 Å². The van der Waals surface area contributed by atoms with E-state index in [9.17, 15) is 26.4 Å². The smallest absolute Gasteiger partial charge is 0.264 e. The molecule has 6 aromatic rings. The molecule has 8 rings (SSSR count). The van der Waals surface area contributed by atoms with Crippen LogP contribution in [-0.4, -0.2) is 76.5 Å². The number of rotatable bonds is 10. The highest BCUT2D eigenvalue weighted by molar-refractivity contribution is 7.93. The Morgan fingerprint density at radius 1 is 0.583 bits per heavy atom. The molecule has 18 heteroatoms. The monoisotopic (exact) mass is 852 g/mol. The first-order chi connectivity index (χ1) is 28.6. The summed E-state index contributed by atoms with van der Waals surface area (Å²) in [6, 6.07) is 28.4. The van der Waals surface area contributed by atoms with E-state index < -0.39 is 20.0 Å². The van der Waals surface area contributed by atoms with Crippen LogP contribution in [0.25, 0.3) is 22.5 Å². The summed E-state index contributed by atoms with van der Waals surface area (Å²) < 4.78 is 67.4. The van der Waals surface area contributed by atoms with Gasteiger partial charge in [-0.2, -0.15) is 10.2 Å². The number of benzene rings is 4. The molecule has 2 aliphatic heterocycles. The summed E-state index contributed by atoms with van der Waals surface area (Å²) in [6.07, 6.45) is 0. The highest BCUT2D eigenvalue weighted by Crippen LogP contribution is 2.44. The minimum Gasteiger partial charge on any atom is -0.497 e. The number of carbonyl (C=O) groups excluding carboxylic acids is 2. The van der Waals surface area contributed by atoms with Gasteiger partial charge in [-0.1, -0.05) is 60.7 Å². The van der Waals surface area contributed by atoms with Gasteiger partial charge >= 0.3 is 0 Å². The molecule has 0 saturated heterocycles. The molecule has 4 heterocycles. The molecule has 2 aromatic heterocycles. The number of amides is 2. The van der Waals surface area contributed by atoms with Crippen LogP contribution in [-0.2, 0) is 55.8 Å². The summed E-state index contributed by atoms with van der Waals surface area (Å²) in [5.74, 6) is 1.000. The van der Waals surface area contributed by atoms with Crippen molar-refractivity contribution in [2.24, 2.45) is 0 Å². The lowest BCUT2D eigenvalue weighted by molar-refractivity contribution is -0.122. The Labute approximate surface area is 348 Å². The van der Waals surface area contributed by atoms with Gasteiger partial charge in [0.1, 0.15) is 47.4 Å². The molecule has 0 radical (unpaired) electrons. The van der Waals surface area contributed by atoms with Crippen LogP contribution in [0.15, 0.2) is 107 Å². The predicted octanol–water partition coefficient (Wildman–Crippen LogP) is 4.64. The summed E-state index contributed by atoms with van der Waals surface area (Å²) in [7, 11) is -1.12. The second kappa shape index (κ2) is 16.5. The number of nitrogens with zero attached hydrogens (tertiary/aromatic N) is 6. The SMILES string of the molecule is COc1cccc(CNC(=O)Cn2nc3c(c2C)N(C)S(=O)(=O)c2ccccc2-3)c1.COc1cccc(CNC(=O)Cn2nc3c(c2C)N(C)S(=O)(=O)c2ccccc2-3)c1. The van der Waals surface area contributed by atoms with Crippen molar-refractivity contribution in [3.05, 3.63) is 120 Å². The maximum Gasteiger partial charge on any atom is 0.264 e. The molecule has 0 atom stereocenters. The van der Waals surface area contributed by atoms with Gasteiger partial charge in [0, 0.05) is 38.3 Å². The molecular weight excluding hydrogens is 809 g/mol. The molecular formula is C42H44N8O8S2. The van der Waals surface area contributed by atoms with E-state index in [0.29, 0.717) is 58.4 Å². The van der Waals surface area contributed by atoms with Crippen molar-refractivity contribution in [2.45, 2.75) is 49.8 Å². The van der Waals surface area contributed by atoms with Gasteiger partial charge in [-0.3, -0.25) is 27.6 Å². The summed E-state index contributed by atoms with van der Waals surface area (Å²) in [6.45, 7) is 4.21. The molecule has 60 heavy (non-hydrogen) atoms. The van der Waals surface area contributed by atoms with Crippen molar-refractivity contribution in [1.82, 2.24) is 30.2 Å². The zero-order valence-corrected chi connectivity index (χ0v) is 35.5. The number of nitrogens with one attached hydrogen (secondary N) is 2. The van der Waals surface area contributed by atoms with Crippen LogP contribution in [0.5, 0.6) is 11.5 Å². The lowest BCUT2D eigenvalue weighted by Crippen LogP contribution is -2.30. The second-order valence-corrected chi connectivity index (χ2v) is 17.9. The number of anilines is 2. The van der Waals surface area contributed by atoms with Crippen molar-refractivity contribution in [1.29, 1.82) is 0 Å². The molecule has 0 bridgehead atoms. The predicted molar refractivity (Wildman–Crippen MR) is 226 cm³/mol. The van der Waals surface area contributed by atoms with Crippen molar-refractivity contribution in [3.63, 3.8) is 0 Å². The Kier molecular flexibility index (Phi) is 11.4. The zero-order chi connectivity index (χ0) is 42.9. The number of sulfonamides is 2. The second-order valence-electron chi connectivity index (χ2n) is 14.1. The van der Waals surface area contributed by atoms with Gasteiger partial charge in [-0.15, -0.1) is 0 Å². The molecule has 0 saturated carbocycles. The minimum absolute atomic E-state index is 0.0150. The molecule has 2 amide bonds. The Morgan fingerprint density at radius 2 is 0.967 bits per heavy atom. The molecule has 2 N–H and O–H groups in total. The first-order valence-electron chi connectivity index (χ1n) is 18.8. The topological polar surface area (TPSA) is 187 Å². The molecule has 4 aromatic carbocycles. The van der Waals surface area contributed by atoms with E-state index in [0.717, 1.165) is 22.6 Å². The third-order valence-electron chi connectivity index (χ3n) is 10.4. The van der Waals surface area contributed by atoms with Crippen molar-refractivity contribution < 1.29 is 35.9 Å². The lowest BCUT2D eigenvalue weighted by atomic mass is 10.1. The van der Waals surface area contributed by atoms with Crippen LogP contribution in [0.1, 0.15) is 22.5 Å². The molecule has 312 valence electrons. The molecule has 0 unspecified atom stereocenters. The normalized spacial score (nSPS) is 14.0. The molecule has 0 fully saturated rings. The quantitative estimate of drug-likeness (QED) is 0.197. The standard InChI is InChI=1S/2C21H22N4O4S/c2*1-14-21-20(17-9-4-5-10-18(17)30(27,28)24(21)2)23-25(14)13-19(26)22-12-15-7-6-8-16(11-15)29-3/h2*4-11H,12-13H2,1-3H3,(H,22,26). The van der Waals surface area contributed by atoms with Crippen molar-refractivity contribution in [2.75, 3.05) is 36.9 Å². The third kappa shape index (κ3) is 7.78. The van der Waals surface area contributed by atoms with Crippen molar-refractivity contribution >= 4 is 43.2 Å². The van der Waals surface area contributed by atoms with Gasteiger partial charge in [0.25, 0.3) is 20.0 Å². The molecule has 2 aliphatic rings. The highest BCUT2D eigenvalue weighted by Gasteiger charge is 2.38. The molecule has 16 nitrogen and oxygen atoms in total.